The smallest absolute Gasteiger partial charge is 0.239 e. The molecule has 0 radical (unpaired) electrons. The SMILES string of the molecule is [C-]#[N+]Cc1cc(C)cc(C)c1. The van der Waals surface area contributed by atoms with Gasteiger partial charge in [0.25, 0.3) is 0 Å². The second kappa shape index (κ2) is 3.21. The van der Waals surface area contributed by atoms with Crippen molar-refractivity contribution in [3.05, 3.63) is 46.3 Å². The molecule has 0 aliphatic rings. The summed E-state index contributed by atoms with van der Waals surface area (Å²) >= 11 is 0. The highest BCUT2D eigenvalue weighted by molar-refractivity contribution is 5.29. The van der Waals surface area contributed by atoms with E-state index in [1.807, 2.05) is 0 Å². The second-order valence-electron chi connectivity index (χ2n) is 2.81. The third-order valence-electron chi connectivity index (χ3n) is 1.54. The van der Waals surface area contributed by atoms with E-state index in [0.29, 0.717) is 6.54 Å². The van der Waals surface area contributed by atoms with Gasteiger partial charge in [-0.3, -0.25) is 0 Å². The Morgan fingerprint density at radius 3 is 2.18 bits per heavy atom. The Kier molecular flexibility index (Phi) is 2.28. The molecule has 1 aromatic carbocycles. The summed E-state index contributed by atoms with van der Waals surface area (Å²) in [6.45, 7) is 11.3. The number of nitrogens with zero attached hydrogens (tertiary/aromatic N) is 1. The zero-order valence-electron chi connectivity index (χ0n) is 6.89. The van der Waals surface area contributed by atoms with Crippen molar-refractivity contribution in [1.82, 2.24) is 0 Å². The molecule has 1 rings (SSSR count). The van der Waals surface area contributed by atoms with Crippen molar-refractivity contribution in [2.45, 2.75) is 20.4 Å². The monoisotopic (exact) mass is 145 g/mol. The molecule has 11 heavy (non-hydrogen) atoms. The summed E-state index contributed by atoms with van der Waals surface area (Å²) in [5, 5.41) is 0. The highest BCUT2D eigenvalue weighted by atomic mass is 14.6. The van der Waals surface area contributed by atoms with E-state index in [4.69, 9.17) is 6.57 Å². The molecule has 1 nitrogen and oxygen atoms in total. The van der Waals surface area contributed by atoms with E-state index in [-0.39, 0.29) is 0 Å². The zero-order chi connectivity index (χ0) is 8.27. The van der Waals surface area contributed by atoms with E-state index < -0.39 is 0 Å². The van der Waals surface area contributed by atoms with Crippen LogP contribution in [0.15, 0.2) is 18.2 Å². The van der Waals surface area contributed by atoms with Gasteiger partial charge in [0, 0.05) is 5.56 Å². The summed E-state index contributed by atoms with van der Waals surface area (Å²) in [7, 11) is 0. The number of hydrogen-bond acceptors (Lipinski definition) is 0. The van der Waals surface area contributed by atoms with E-state index >= 15 is 0 Å². The van der Waals surface area contributed by atoms with Gasteiger partial charge in [-0.15, -0.1) is 0 Å². The summed E-state index contributed by atoms with van der Waals surface area (Å²) in [5.74, 6) is 0. The van der Waals surface area contributed by atoms with E-state index in [9.17, 15) is 0 Å². The quantitative estimate of drug-likeness (QED) is 0.535. The molecule has 1 heteroatoms. The Morgan fingerprint density at radius 2 is 1.73 bits per heavy atom. The molecule has 0 unspecified atom stereocenters. The van der Waals surface area contributed by atoms with Crippen LogP contribution in [0.3, 0.4) is 0 Å². The van der Waals surface area contributed by atoms with Crippen LogP contribution in [0.25, 0.3) is 4.85 Å². The van der Waals surface area contributed by atoms with Crippen molar-refractivity contribution in [2.24, 2.45) is 0 Å². The van der Waals surface area contributed by atoms with Gasteiger partial charge >= 0.3 is 0 Å². The highest BCUT2D eigenvalue weighted by Crippen LogP contribution is 2.09. The Labute approximate surface area is 67.5 Å². The van der Waals surface area contributed by atoms with Crippen molar-refractivity contribution in [2.75, 3.05) is 0 Å². The van der Waals surface area contributed by atoms with Crippen LogP contribution >= 0.6 is 0 Å². The van der Waals surface area contributed by atoms with Gasteiger partial charge in [0.05, 0.1) is 0 Å². The topological polar surface area (TPSA) is 4.36 Å². The molecular formula is C10H11N. The average Bonchev–Trinajstić information content (AvgIpc) is 1.85. The molecule has 0 aliphatic carbocycles. The van der Waals surface area contributed by atoms with Gasteiger partial charge in [-0.05, 0) is 26.0 Å². The average molecular weight is 145 g/mol. The van der Waals surface area contributed by atoms with Crippen molar-refractivity contribution in [3.8, 4) is 0 Å². The van der Waals surface area contributed by atoms with Crippen LogP contribution in [0.2, 0.25) is 0 Å². The number of rotatable bonds is 1. The fourth-order valence-electron chi connectivity index (χ4n) is 1.25. The molecule has 0 saturated carbocycles. The summed E-state index contributed by atoms with van der Waals surface area (Å²) in [4.78, 5) is 3.34. The van der Waals surface area contributed by atoms with Gasteiger partial charge in [-0.25, -0.2) is 6.57 Å². The number of hydrogen-bond donors (Lipinski definition) is 0. The molecule has 0 heterocycles. The highest BCUT2D eigenvalue weighted by Gasteiger charge is 1.96. The maximum Gasteiger partial charge on any atom is 0.239 e. The van der Waals surface area contributed by atoms with Crippen molar-refractivity contribution in [1.29, 1.82) is 0 Å². The molecular weight excluding hydrogens is 134 g/mol. The maximum absolute atomic E-state index is 6.71. The Hall–Kier alpha value is -1.29. The number of benzene rings is 1. The molecule has 0 amide bonds. The lowest BCUT2D eigenvalue weighted by molar-refractivity contribution is 1.22. The predicted octanol–water partition coefficient (Wildman–Crippen LogP) is 2.72. The minimum atomic E-state index is 0.502. The van der Waals surface area contributed by atoms with Crippen molar-refractivity contribution < 1.29 is 0 Å². The molecule has 0 atom stereocenters. The molecule has 0 spiro atoms. The summed E-state index contributed by atoms with van der Waals surface area (Å²) < 4.78 is 0. The molecule has 0 fully saturated rings. The van der Waals surface area contributed by atoms with Crippen LogP contribution in [0.5, 0.6) is 0 Å². The molecule has 0 N–H and O–H groups in total. The third-order valence-corrected chi connectivity index (χ3v) is 1.54. The van der Waals surface area contributed by atoms with Crippen molar-refractivity contribution >= 4 is 0 Å². The van der Waals surface area contributed by atoms with Gasteiger partial charge in [0.2, 0.25) is 6.54 Å². The van der Waals surface area contributed by atoms with Gasteiger partial charge < -0.3 is 4.85 Å². The Bertz CT molecular complexity index is 274. The lowest BCUT2D eigenvalue weighted by atomic mass is 10.1. The molecule has 1 aromatic rings. The second-order valence-corrected chi connectivity index (χ2v) is 2.81. The first-order chi connectivity index (χ1) is 5.22. The van der Waals surface area contributed by atoms with Crippen LogP contribution in [0.1, 0.15) is 16.7 Å². The normalized spacial score (nSPS) is 9.18. The minimum absolute atomic E-state index is 0.502. The third kappa shape index (κ3) is 2.09. The van der Waals surface area contributed by atoms with E-state index in [1.165, 1.54) is 11.1 Å². The Morgan fingerprint density at radius 1 is 1.18 bits per heavy atom. The zero-order valence-corrected chi connectivity index (χ0v) is 6.89. The van der Waals surface area contributed by atoms with Crippen LogP contribution in [0.4, 0.5) is 0 Å². The van der Waals surface area contributed by atoms with Crippen LogP contribution in [-0.4, -0.2) is 0 Å². The summed E-state index contributed by atoms with van der Waals surface area (Å²) in [6.07, 6.45) is 0. The van der Waals surface area contributed by atoms with Crippen LogP contribution in [0, 0.1) is 20.4 Å². The van der Waals surface area contributed by atoms with Gasteiger partial charge in [0.1, 0.15) is 0 Å². The van der Waals surface area contributed by atoms with Crippen LogP contribution in [-0.2, 0) is 6.54 Å². The van der Waals surface area contributed by atoms with Crippen LogP contribution < -0.4 is 0 Å². The van der Waals surface area contributed by atoms with Crippen molar-refractivity contribution in [3.63, 3.8) is 0 Å². The summed E-state index contributed by atoms with van der Waals surface area (Å²) in [6, 6.07) is 6.24. The largest absolute Gasteiger partial charge is 0.312 e. The molecule has 0 saturated heterocycles. The van der Waals surface area contributed by atoms with E-state index in [1.54, 1.807) is 0 Å². The molecule has 0 bridgehead atoms. The van der Waals surface area contributed by atoms with Gasteiger partial charge in [0.15, 0.2) is 0 Å². The predicted molar refractivity (Wildman–Crippen MR) is 46.2 cm³/mol. The minimum Gasteiger partial charge on any atom is -0.312 e. The van der Waals surface area contributed by atoms with Gasteiger partial charge in [-0.1, -0.05) is 17.2 Å². The first kappa shape index (κ1) is 7.81. The lowest BCUT2D eigenvalue weighted by Crippen LogP contribution is -1.83. The fraction of sp³-hybridized carbons (Fsp3) is 0.300. The Balaban J connectivity index is 3.01. The first-order valence-corrected chi connectivity index (χ1v) is 3.63. The van der Waals surface area contributed by atoms with E-state index in [0.717, 1.165) is 5.56 Å². The molecule has 56 valence electrons. The molecule has 0 aliphatic heterocycles. The standard InChI is InChI=1S/C10H11N/c1-8-4-9(2)6-10(5-8)7-11-3/h4-6H,7H2,1-2H3. The molecule has 0 aromatic heterocycles. The number of aryl methyl sites for hydroxylation is 2. The van der Waals surface area contributed by atoms with Gasteiger partial charge in [-0.2, -0.15) is 0 Å². The van der Waals surface area contributed by atoms with E-state index in [2.05, 4.69) is 36.9 Å². The first-order valence-electron chi connectivity index (χ1n) is 3.63. The maximum atomic E-state index is 6.71. The lowest BCUT2D eigenvalue weighted by Gasteiger charge is -1.97. The fourth-order valence-corrected chi connectivity index (χ4v) is 1.25. The summed E-state index contributed by atoms with van der Waals surface area (Å²) in [5.41, 5.74) is 3.60.